The Hall–Kier alpha value is -1.39. The van der Waals surface area contributed by atoms with Crippen molar-refractivity contribution in [2.45, 2.75) is 77.2 Å². The zero-order chi connectivity index (χ0) is 15.4. The van der Waals surface area contributed by atoms with Crippen LogP contribution in [0, 0.1) is 12.8 Å². The van der Waals surface area contributed by atoms with Crippen molar-refractivity contribution >= 4 is 5.91 Å². The molecule has 1 amide bonds. The minimum absolute atomic E-state index is 0.00574. The molecule has 1 aromatic heterocycles. The molecule has 122 valence electrons. The molecule has 5 heteroatoms. The van der Waals surface area contributed by atoms with Crippen LogP contribution in [-0.2, 0) is 4.79 Å². The first-order chi connectivity index (χ1) is 10.7. The lowest BCUT2D eigenvalue weighted by Gasteiger charge is -2.34. The normalized spacial score (nSPS) is 23.7. The number of carbonyl (C=O) groups excluding carboxylic acids is 1. The molecule has 22 heavy (non-hydrogen) atoms. The van der Waals surface area contributed by atoms with Gasteiger partial charge in [0.1, 0.15) is 6.04 Å². The summed E-state index contributed by atoms with van der Waals surface area (Å²) < 4.78 is 5.32. The highest BCUT2D eigenvalue weighted by Crippen LogP contribution is 2.32. The maximum Gasteiger partial charge on any atom is 0.249 e. The summed E-state index contributed by atoms with van der Waals surface area (Å²) in [7, 11) is 0. The fourth-order valence-electron chi connectivity index (χ4n) is 3.88. The number of piperidine rings is 1. The Morgan fingerprint density at radius 1 is 1.18 bits per heavy atom. The van der Waals surface area contributed by atoms with E-state index in [2.05, 4.69) is 10.1 Å². The van der Waals surface area contributed by atoms with E-state index < -0.39 is 0 Å². The maximum absolute atomic E-state index is 12.7. The second-order valence-corrected chi connectivity index (χ2v) is 6.82. The van der Waals surface area contributed by atoms with Crippen LogP contribution in [0.5, 0.6) is 0 Å². The summed E-state index contributed by atoms with van der Waals surface area (Å²) in [5.41, 5.74) is 0. The van der Waals surface area contributed by atoms with Gasteiger partial charge < -0.3 is 9.42 Å². The predicted molar refractivity (Wildman–Crippen MR) is 83.1 cm³/mol. The third-order valence-electron chi connectivity index (χ3n) is 5.14. The van der Waals surface area contributed by atoms with Gasteiger partial charge in [-0.1, -0.05) is 37.3 Å². The molecule has 0 aromatic carbocycles. The lowest BCUT2D eigenvalue weighted by Crippen LogP contribution is -2.38. The fraction of sp³-hybridized carbons (Fsp3) is 0.824. The Morgan fingerprint density at radius 2 is 1.95 bits per heavy atom. The number of carbonyl (C=O) groups is 1. The molecule has 2 heterocycles. The second-order valence-electron chi connectivity index (χ2n) is 6.82. The summed E-state index contributed by atoms with van der Waals surface area (Å²) in [4.78, 5) is 19.0. The van der Waals surface area contributed by atoms with Gasteiger partial charge >= 0.3 is 0 Å². The number of rotatable bonds is 4. The molecule has 0 radical (unpaired) electrons. The number of amides is 1. The SMILES string of the molecule is Cc1noc(C2CCCCN2C(=O)CCC2CCCCC2)n1. The summed E-state index contributed by atoms with van der Waals surface area (Å²) in [6.45, 7) is 2.65. The van der Waals surface area contributed by atoms with Crippen LogP contribution in [0.4, 0.5) is 0 Å². The second kappa shape index (κ2) is 7.25. The van der Waals surface area contributed by atoms with Crippen molar-refractivity contribution in [1.29, 1.82) is 0 Å². The fourth-order valence-corrected chi connectivity index (χ4v) is 3.88. The van der Waals surface area contributed by atoms with Crippen molar-refractivity contribution < 1.29 is 9.32 Å². The topological polar surface area (TPSA) is 59.2 Å². The van der Waals surface area contributed by atoms with Crippen LogP contribution < -0.4 is 0 Å². The van der Waals surface area contributed by atoms with E-state index in [4.69, 9.17) is 4.52 Å². The van der Waals surface area contributed by atoms with Gasteiger partial charge in [-0.2, -0.15) is 4.98 Å². The van der Waals surface area contributed by atoms with Crippen LogP contribution in [0.25, 0.3) is 0 Å². The van der Waals surface area contributed by atoms with E-state index in [0.717, 1.165) is 38.1 Å². The molecule has 1 atom stereocenters. The first-order valence-electron chi connectivity index (χ1n) is 8.83. The molecule has 5 nitrogen and oxygen atoms in total. The van der Waals surface area contributed by atoms with Crippen LogP contribution >= 0.6 is 0 Å². The minimum atomic E-state index is -0.00574. The summed E-state index contributed by atoms with van der Waals surface area (Å²) >= 11 is 0. The summed E-state index contributed by atoms with van der Waals surface area (Å²) in [6, 6.07) is -0.00574. The molecule has 1 unspecified atom stereocenters. The Labute approximate surface area is 132 Å². The molecule has 1 aliphatic heterocycles. The monoisotopic (exact) mass is 305 g/mol. The molecular weight excluding hydrogens is 278 g/mol. The lowest BCUT2D eigenvalue weighted by molar-refractivity contribution is -0.136. The van der Waals surface area contributed by atoms with Gasteiger partial charge in [-0.25, -0.2) is 0 Å². The van der Waals surface area contributed by atoms with Gasteiger partial charge in [0.2, 0.25) is 11.8 Å². The largest absolute Gasteiger partial charge is 0.337 e. The van der Waals surface area contributed by atoms with Gasteiger partial charge in [-0.15, -0.1) is 0 Å². The molecule has 1 aromatic rings. The highest BCUT2D eigenvalue weighted by atomic mass is 16.5. The van der Waals surface area contributed by atoms with E-state index in [0.29, 0.717) is 18.1 Å². The Bertz CT molecular complexity index is 494. The summed E-state index contributed by atoms with van der Waals surface area (Å²) in [5, 5.41) is 3.88. The van der Waals surface area contributed by atoms with Crippen molar-refractivity contribution in [2.24, 2.45) is 5.92 Å². The molecule has 2 aliphatic rings. The Balaban J connectivity index is 1.58. The average molecular weight is 305 g/mol. The summed E-state index contributed by atoms with van der Waals surface area (Å²) in [6.07, 6.45) is 11.5. The van der Waals surface area contributed by atoms with Crippen LogP contribution in [-0.4, -0.2) is 27.5 Å². The lowest BCUT2D eigenvalue weighted by atomic mass is 9.86. The Morgan fingerprint density at radius 3 is 2.68 bits per heavy atom. The third kappa shape index (κ3) is 3.68. The van der Waals surface area contributed by atoms with E-state index >= 15 is 0 Å². The smallest absolute Gasteiger partial charge is 0.249 e. The number of likely N-dealkylation sites (tertiary alicyclic amines) is 1. The predicted octanol–water partition coefficient (Wildman–Crippen LogP) is 3.79. The van der Waals surface area contributed by atoms with Gasteiger partial charge in [0.05, 0.1) is 0 Å². The highest BCUT2D eigenvalue weighted by Gasteiger charge is 2.31. The van der Waals surface area contributed by atoms with Crippen LogP contribution in [0.15, 0.2) is 4.52 Å². The van der Waals surface area contributed by atoms with Gasteiger partial charge in [-0.3, -0.25) is 4.79 Å². The maximum atomic E-state index is 12.7. The van der Waals surface area contributed by atoms with Gasteiger partial charge in [0.25, 0.3) is 0 Å². The standard InChI is InChI=1S/C17H27N3O2/c1-13-18-17(22-19-13)15-9-5-6-12-20(15)16(21)11-10-14-7-3-2-4-8-14/h14-15H,2-12H2,1H3. The number of hydrogen-bond acceptors (Lipinski definition) is 4. The molecule has 2 fully saturated rings. The quantitative estimate of drug-likeness (QED) is 0.849. The minimum Gasteiger partial charge on any atom is -0.337 e. The van der Waals surface area contributed by atoms with Crippen LogP contribution in [0.1, 0.15) is 82.0 Å². The average Bonchev–Trinajstić information content (AvgIpc) is 3.00. The first kappa shape index (κ1) is 15.5. The third-order valence-corrected chi connectivity index (χ3v) is 5.14. The zero-order valence-electron chi connectivity index (χ0n) is 13.6. The van der Waals surface area contributed by atoms with Crippen molar-refractivity contribution in [3.05, 3.63) is 11.7 Å². The van der Waals surface area contributed by atoms with Crippen molar-refractivity contribution in [1.82, 2.24) is 15.0 Å². The van der Waals surface area contributed by atoms with Crippen molar-refractivity contribution in [2.75, 3.05) is 6.54 Å². The number of aromatic nitrogens is 2. The number of nitrogens with zero attached hydrogens (tertiary/aromatic N) is 3. The Kier molecular flexibility index (Phi) is 5.11. The van der Waals surface area contributed by atoms with E-state index in [9.17, 15) is 4.79 Å². The zero-order valence-corrected chi connectivity index (χ0v) is 13.6. The molecule has 0 spiro atoms. The van der Waals surface area contributed by atoms with Gasteiger partial charge in [0, 0.05) is 13.0 Å². The van der Waals surface area contributed by atoms with E-state index in [1.807, 2.05) is 11.8 Å². The van der Waals surface area contributed by atoms with Gasteiger partial charge in [-0.05, 0) is 38.5 Å². The molecule has 1 aliphatic carbocycles. The summed E-state index contributed by atoms with van der Waals surface area (Å²) in [5.74, 6) is 2.29. The van der Waals surface area contributed by atoms with E-state index in [1.165, 1.54) is 32.1 Å². The van der Waals surface area contributed by atoms with Crippen molar-refractivity contribution in [3.8, 4) is 0 Å². The van der Waals surface area contributed by atoms with E-state index in [1.54, 1.807) is 0 Å². The molecule has 3 rings (SSSR count). The van der Waals surface area contributed by atoms with Crippen LogP contribution in [0.2, 0.25) is 0 Å². The molecule has 0 N–H and O–H groups in total. The first-order valence-corrected chi connectivity index (χ1v) is 8.83. The van der Waals surface area contributed by atoms with Crippen molar-refractivity contribution in [3.63, 3.8) is 0 Å². The highest BCUT2D eigenvalue weighted by molar-refractivity contribution is 5.76. The van der Waals surface area contributed by atoms with Crippen LogP contribution in [0.3, 0.4) is 0 Å². The van der Waals surface area contributed by atoms with E-state index in [-0.39, 0.29) is 11.9 Å². The molecule has 1 saturated carbocycles. The number of aryl methyl sites for hydroxylation is 1. The number of hydrogen-bond donors (Lipinski definition) is 0. The van der Waals surface area contributed by atoms with Gasteiger partial charge in [0.15, 0.2) is 5.82 Å². The molecule has 1 saturated heterocycles. The molecular formula is C17H27N3O2. The molecule has 0 bridgehead atoms.